The van der Waals surface area contributed by atoms with Crippen LogP contribution in [0, 0.1) is 0 Å². The van der Waals surface area contributed by atoms with Gasteiger partial charge in [-0.2, -0.15) is 0 Å². The highest BCUT2D eigenvalue weighted by molar-refractivity contribution is 5.96. The van der Waals surface area contributed by atoms with Crippen LogP contribution in [-0.2, 0) is 0 Å². The maximum Gasteiger partial charge on any atom is 0.319 e. The van der Waals surface area contributed by atoms with Crippen molar-refractivity contribution in [2.75, 3.05) is 45.2 Å². The monoisotopic (exact) mass is 328 g/mol. The first-order valence-corrected chi connectivity index (χ1v) is 7.73. The molecule has 1 aliphatic rings. The molecule has 0 aliphatic carbocycles. The molecule has 126 valence electrons. The number of piperazine rings is 1. The van der Waals surface area contributed by atoms with Crippen LogP contribution in [0.1, 0.15) is 10.5 Å². The first-order valence-electron chi connectivity index (χ1n) is 7.73. The standard InChI is InChI=1S/C16H20N6O2/c1-20(2)16(24)22-7-5-21(6-8-22)13-10-18-9-11-3-4-12(15(17)23)19-14(11)13/h3-4,9-10H,5-8H2,1-2H3,(H2,17,23). The van der Waals surface area contributed by atoms with Crippen molar-refractivity contribution in [2.45, 2.75) is 0 Å². The molecule has 1 fully saturated rings. The van der Waals surface area contributed by atoms with Crippen LogP contribution in [0.4, 0.5) is 10.5 Å². The summed E-state index contributed by atoms with van der Waals surface area (Å²) in [4.78, 5) is 37.6. The molecule has 0 spiro atoms. The van der Waals surface area contributed by atoms with E-state index in [9.17, 15) is 9.59 Å². The predicted molar refractivity (Wildman–Crippen MR) is 90.9 cm³/mol. The van der Waals surface area contributed by atoms with Gasteiger partial charge in [0.25, 0.3) is 5.91 Å². The first-order chi connectivity index (χ1) is 11.5. The molecule has 8 nitrogen and oxygen atoms in total. The maximum atomic E-state index is 12.0. The van der Waals surface area contributed by atoms with E-state index < -0.39 is 5.91 Å². The Labute approximate surface area is 139 Å². The van der Waals surface area contributed by atoms with Crippen molar-refractivity contribution in [3.05, 3.63) is 30.2 Å². The lowest BCUT2D eigenvalue weighted by Gasteiger charge is -2.37. The molecule has 3 heterocycles. The number of hydrogen-bond donors (Lipinski definition) is 1. The van der Waals surface area contributed by atoms with Crippen LogP contribution in [-0.4, -0.2) is 72.0 Å². The number of carbonyl (C=O) groups is 2. The molecule has 0 saturated carbocycles. The van der Waals surface area contributed by atoms with E-state index in [1.165, 1.54) is 0 Å². The lowest BCUT2D eigenvalue weighted by Crippen LogP contribution is -2.51. The number of nitrogens with two attached hydrogens (primary N) is 1. The van der Waals surface area contributed by atoms with Gasteiger partial charge in [0.1, 0.15) is 5.69 Å². The number of amides is 3. The number of pyridine rings is 2. The Morgan fingerprint density at radius 2 is 1.83 bits per heavy atom. The summed E-state index contributed by atoms with van der Waals surface area (Å²) >= 11 is 0. The Morgan fingerprint density at radius 3 is 2.46 bits per heavy atom. The van der Waals surface area contributed by atoms with Gasteiger partial charge in [-0.05, 0) is 12.1 Å². The van der Waals surface area contributed by atoms with Crippen LogP contribution in [0.25, 0.3) is 10.9 Å². The fourth-order valence-corrected chi connectivity index (χ4v) is 2.82. The quantitative estimate of drug-likeness (QED) is 0.868. The van der Waals surface area contributed by atoms with E-state index in [1.807, 2.05) is 4.90 Å². The summed E-state index contributed by atoms with van der Waals surface area (Å²) < 4.78 is 0. The fraction of sp³-hybridized carbons (Fsp3) is 0.375. The van der Waals surface area contributed by atoms with Gasteiger partial charge in [0.15, 0.2) is 0 Å². The Bertz CT molecular complexity index is 783. The SMILES string of the molecule is CN(C)C(=O)N1CCN(c2cncc3ccc(C(N)=O)nc23)CC1. The van der Waals surface area contributed by atoms with Crippen molar-refractivity contribution in [3.8, 4) is 0 Å². The highest BCUT2D eigenvalue weighted by atomic mass is 16.2. The third-order valence-corrected chi connectivity index (χ3v) is 4.11. The largest absolute Gasteiger partial charge is 0.365 e. The molecule has 0 atom stereocenters. The average Bonchev–Trinajstić information content (AvgIpc) is 2.60. The van der Waals surface area contributed by atoms with E-state index in [1.54, 1.807) is 43.5 Å². The minimum absolute atomic E-state index is 0.0137. The van der Waals surface area contributed by atoms with Crippen LogP contribution in [0.15, 0.2) is 24.5 Å². The Kier molecular flexibility index (Phi) is 4.20. The Balaban J connectivity index is 1.86. The lowest BCUT2D eigenvalue weighted by molar-refractivity contribution is 0.0996. The Morgan fingerprint density at radius 1 is 1.12 bits per heavy atom. The van der Waals surface area contributed by atoms with Crippen LogP contribution in [0.3, 0.4) is 0 Å². The van der Waals surface area contributed by atoms with Gasteiger partial charge in [0, 0.05) is 51.9 Å². The van der Waals surface area contributed by atoms with E-state index in [-0.39, 0.29) is 11.7 Å². The van der Waals surface area contributed by atoms with Crippen LogP contribution in [0.2, 0.25) is 0 Å². The first kappa shape index (κ1) is 16.0. The molecular formula is C16H20N6O2. The van der Waals surface area contributed by atoms with E-state index in [2.05, 4.69) is 14.9 Å². The molecule has 3 rings (SSSR count). The van der Waals surface area contributed by atoms with Gasteiger partial charge in [-0.1, -0.05) is 0 Å². The number of carbonyl (C=O) groups excluding carboxylic acids is 2. The number of rotatable bonds is 2. The highest BCUT2D eigenvalue weighted by Gasteiger charge is 2.23. The van der Waals surface area contributed by atoms with Gasteiger partial charge >= 0.3 is 6.03 Å². The van der Waals surface area contributed by atoms with Gasteiger partial charge in [-0.15, -0.1) is 0 Å². The molecule has 2 aromatic rings. The molecule has 2 N–H and O–H groups in total. The lowest BCUT2D eigenvalue weighted by atomic mass is 10.2. The molecule has 0 bridgehead atoms. The molecule has 2 aromatic heterocycles. The summed E-state index contributed by atoms with van der Waals surface area (Å²) in [7, 11) is 3.50. The second-order valence-electron chi connectivity index (χ2n) is 5.94. The van der Waals surface area contributed by atoms with Crippen LogP contribution < -0.4 is 10.6 Å². The molecule has 0 radical (unpaired) electrons. The van der Waals surface area contributed by atoms with E-state index in [0.29, 0.717) is 31.7 Å². The Hall–Kier alpha value is -2.90. The van der Waals surface area contributed by atoms with E-state index in [0.717, 1.165) is 11.1 Å². The van der Waals surface area contributed by atoms with Crippen molar-refractivity contribution < 1.29 is 9.59 Å². The molecule has 3 amide bonds. The number of nitrogens with zero attached hydrogens (tertiary/aromatic N) is 5. The number of aromatic nitrogens is 2. The summed E-state index contributed by atoms with van der Waals surface area (Å²) in [5.74, 6) is -0.555. The van der Waals surface area contributed by atoms with Crippen molar-refractivity contribution in [1.29, 1.82) is 0 Å². The van der Waals surface area contributed by atoms with Gasteiger partial charge in [-0.25, -0.2) is 9.78 Å². The zero-order valence-corrected chi connectivity index (χ0v) is 13.8. The topological polar surface area (TPSA) is 95.7 Å². The summed E-state index contributed by atoms with van der Waals surface area (Å²) in [6.07, 6.45) is 3.45. The third-order valence-electron chi connectivity index (χ3n) is 4.11. The van der Waals surface area contributed by atoms with Gasteiger partial charge < -0.3 is 20.4 Å². The summed E-state index contributed by atoms with van der Waals surface area (Å²) in [6.45, 7) is 2.62. The fourth-order valence-electron chi connectivity index (χ4n) is 2.82. The molecular weight excluding hydrogens is 308 g/mol. The number of primary amides is 1. The normalized spacial score (nSPS) is 14.8. The smallest absolute Gasteiger partial charge is 0.319 e. The second-order valence-corrected chi connectivity index (χ2v) is 5.94. The summed E-state index contributed by atoms with van der Waals surface area (Å²) in [5, 5.41) is 0.851. The minimum atomic E-state index is -0.555. The molecule has 1 aliphatic heterocycles. The van der Waals surface area contributed by atoms with Gasteiger partial charge in [-0.3, -0.25) is 9.78 Å². The maximum absolute atomic E-state index is 12.0. The van der Waals surface area contributed by atoms with Crippen molar-refractivity contribution in [1.82, 2.24) is 19.8 Å². The summed E-state index contributed by atoms with van der Waals surface area (Å²) in [6, 6.07) is 3.41. The average molecular weight is 328 g/mol. The highest BCUT2D eigenvalue weighted by Crippen LogP contribution is 2.25. The molecule has 1 saturated heterocycles. The minimum Gasteiger partial charge on any atom is -0.365 e. The number of hydrogen-bond acceptors (Lipinski definition) is 5. The van der Waals surface area contributed by atoms with Crippen LogP contribution >= 0.6 is 0 Å². The predicted octanol–water partition coefficient (Wildman–Crippen LogP) is 0.532. The zero-order valence-electron chi connectivity index (χ0n) is 13.8. The van der Waals surface area contributed by atoms with Crippen molar-refractivity contribution in [2.24, 2.45) is 5.73 Å². The van der Waals surface area contributed by atoms with Crippen LogP contribution in [0.5, 0.6) is 0 Å². The number of anilines is 1. The zero-order chi connectivity index (χ0) is 17.3. The summed E-state index contributed by atoms with van der Waals surface area (Å²) in [5.41, 5.74) is 7.12. The van der Waals surface area contributed by atoms with Gasteiger partial charge in [0.2, 0.25) is 0 Å². The molecule has 8 heteroatoms. The van der Waals surface area contributed by atoms with E-state index in [4.69, 9.17) is 5.73 Å². The van der Waals surface area contributed by atoms with Crippen molar-refractivity contribution in [3.63, 3.8) is 0 Å². The number of fused-ring (bicyclic) bond motifs is 1. The molecule has 24 heavy (non-hydrogen) atoms. The molecule has 0 unspecified atom stereocenters. The molecule has 0 aromatic carbocycles. The van der Waals surface area contributed by atoms with E-state index >= 15 is 0 Å². The van der Waals surface area contributed by atoms with Gasteiger partial charge in [0.05, 0.1) is 17.4 Å². The van der Waals surface area contributed by atoms with Crippen molar-refractivity contribution >= 4 is 28.5 Å². The number of urea groups is 1. The second kappa shape index (κ2) is 6.31. The third kappa shape index (κ3) is 2.94.